The Hall–Kier alpha value is -3.14. The van der Waals surface area contributed by atoms with Gasteiger partial charge in [-0.2, -0.15) is 0 Å². The zero-order valence-corrected chi connectivity index (χ0v) is 15.2. The molecular weight excluding hydrogens is 334 g/mol. The fraction of sp³-hybridized carbons (Fsp3) is 0.217. The summed E-state index contributed by atoms with van der Waals surface area (Å²) in [7, 11) is 0. The van der Waals surface area contributed by atoms with Crippen LogP contribution in [0.2, 0.25) is 0 Å². The second-order valence-corrected chi connectivity index (χ2v) is 7.37. The Labute approximate surface area is 159 Å². The van der Waals surface area contributed by atoms with Crippen molar-refractivity contribution >= 4 is 34.2 Å². The summed E-state index contributed by atoms with van der Waals surface area (Å²) >= 11 is 0. The number of fused-ring (bicyclic) bond motifs is 2. The summed E-state index contributed by atoms with van der Waals surface area (Å²) in [5, 5.41) is 8.85. The van der Waals surface area contributed by atoms with E-state index in [0.29, 0.717) is 17.8 Å². The lowest BCUT2D eigenvalue weighted by Crippen LogP contribution is -2.35. The maximum atomic E-state index is 13.2. The number of rotatable bonds is 3. The maximum absolute atomic E-state index is 13.2. The number of anilines is 1. The summed E-state index contributed by atoms with van der Waals surface area (Å²) in [5.41, 5.74) is 3.93. The summed E-state index contributed by atoms with van der Waals surface area (Å²) in [6.45, 7) is 2.36. The van der Waals surface area contributed by atoms with Crippen molar-refractivity contribution in [1.82, 2.24) is 5.32 Å². The number of carbonyl (C=O) groups excluding carboxylic acids is 1. The van der Waals surface area contributed by atoms with Gasteiger partial charge < -0.3 is 10.6 Å². The first-order valence-electron chi connectivity index (χ1n) is 9.79. The number of aliphatic imine (C=N–C) groups is 1. The molecule has 5 rings (SSSR count). The van der Waals surface area contributed by atoms with Gasteiger partial charge in [0.2, 0.25) is 0 Å². The Kier molecular flexibility index (Phi) is 3.30. The molecule has 2 N–H and O–H groups in total. The molecule has 0 bridgehead atoms. The summed E-state index contributed by atoms with van der Waals surface area (Å²) in [6.07, 6.45) is 2.15. The van der Waals surface area contributed by atoms with Crippen LogP contribution in [0.1, 0.15) is 35.7 Å². The van der Waals surface area contributed by atoms with Gasteiger partial charge in [-0.25, -0.2) is 0 Å². The van der Waals surface area contributed by atoms with E-state index in [1.54, 1.807) is 6.07 Å². The molecule has 0 saturated heterocycles. The van der Waals surface area contributed by atoms with Crippen molar-refractivity contribution in [2.75, 3.05) is 11.9 Å². The summed E-state index contributed by atoms with van der Waals surface area (Å²) in [6, 6.07) is 18.3. The highest BCUT2D eigenvalue weighted by molar-refractivity contribution is 5.99. The number of nitrogens with one attached hydrogen (secondary N) is 2. The van der Waals surface area contributed by atoms with Crippen LogP contribution in [0.15, 0.2) is 59.6 Å². The van der Waals surface area contributed by atoms with Crippen molar-refractivity contribution in [3.05, 3.63) is 71.3 Å². The highest BCUT2D eigenvalue weighted by Gasteiger charge is 2.46. The normalized spacial score (nSPS) is 17.4. The minimum Gasteiger partial charge on any atom is -0.378 e. The predicted octanol–water partition coefficient (Wildman–Crippen LogP) is 4.70. The van der Waals surface area contributed by atoms with Crippen molar-refractivity contribution in [1.29, 1.82) is 0 Å². The van der Waals surface area contributed by atoms with Crippen molar-refractivity contribution in [3.8, 4) is 0 Å². The average molecular weight is 356 g/mol. The molecule has 4 heteroatoms. The molecule has 1 saturated carbocycles. The molecular formula is C23H21N3O. The minimum absolute atomic E-state index is 0.0851. The number of aryl methyl sites for hydroxylation is 1. The van der Waals surface area contributed by atoms with E-state index in [-0.39, 0.29) is 17.6 Å². The lowest BCUT2D eigenvalue weighted by atomic mass is 9.96. The number of benzene rings is 3. The molecule has 3 aromatic rings. The second kappa shape index (κ2) is 5.95. The number of hydrogen-bond donors (Lipinski definition) is 2. The van der Waals surface area contributed by atoms with Crippen LogP contribution in [0.4, 0.5) is 11.4 Å². The van der Waals surface area contributed by atoms with Crippen molar-refractivity contribution in [2.24, 2.45) is 4.99 Å². The molecule has 0 radical (unpaired) electrons. The molecule has 2 aliphatic rings. The molecule has 1 fully saturated rings. The zero-order valence-electron chi connectivity index (χ0n) is 16.2. The monoisotopic (exact) mass is 356 g/mol. The standard InChI is InChI=1S/C23H21N3O/c1-15-13-20-21(25-12-11-24-20)14-18(15)22(27)26-23(9-10-23)19-8-4-6-16-5-2-3-7-17(16)19/h2-8,12-14,24H,9-11H2,1H3,(H,26,27)/i12D. The highest BCUT2D eigenvalue weighted by atomic mass is 16.1. The van der Waals surface area contributed by atoms with Crippen molar-refractivity contribution in [2.45, 2.75) is 25.3 Å². The van der Waals surface area contributed by atoms with Crippen LogP contribution in [0, 0.1) is 6.92 Å². The Morgan fingerprint density at radius 3 is 2.85 bits per heavy atom. The average Bonchev–Trinajstić information content (AvgIpc) is 3.47. The van der Waals surface area contributed by atoms with Gasteiger partial charge in [0.25, 0.3) is 5.91 Å². The first-order chi connectivity index (χ1) is 13.6. The van der Waals surface area contributed by atoms with Gasteiger partial charge in [-0.05, 0) is 53.8 Å². The van der Waals surface area contributed by atoms with Crippen LogP contribution in [0.3, 0.4) is 0 Å². The molecule has 0 spiro atoms. The van der Waals surface area contributed by atoms with Gasteiger partial charge in [-0.1, -0.05) is 42.5 Å². The van der Waals surface area contributed by atoms with Crippen molar-refractivity contribution < 1.29 is 6.17 Å². The maximum Gasteiger partial charge on any atom is 0.252 e. The van der Waals surface area contributed by atoms with Crippen LogP contribution < -0.4 is 10.6 Å². The third-order valence-electron chi connectivity index (χ3n) is 5.55. The van der Waals surface area contributed by atoms with E-state index in [1.165, 1.54) is 16.3 Å². The zero-order chi connectivity index (χ0) is 19.3. The molecule has 1 heterocycles. The summed E-state index contributed by atoms with van der Waals surface area (Å²) in [5.74, 6) is -0.0851. The molecule has 0 atom stereocenters. The van der Waals surface area contributed by atoms with E-state index in [2.05, 4.69) is 46.0 Å². The van der Waals surface area contributed by atoms with Gasteiger partial charge >= 0.3 is 0 Å². The SMILES string of the molecule is [2H]C1=Nc2cc(C(=O)NC3(c4cccc5ccccc45)CC3)c(C)cc2NC1. The van der Waals surface area contributed by atoms with Gasteiger partial charge in [-0.15, -0.1) is 0 Å². The van der Waals surface area contributed by atoms with E-state index in [0.717, 1.165) is 24.1 Å². The third kappa shape index (κ3) is 2.69. The van der Waals surface area contributed by atoms with Crippen LogP contribution in [-0.4, -0.2) is 18.6 Å². The molecule has 1 amide bonds. The van der Waals surface area contributed by atoms with Gasteiger partial charge in [0.15, 0.2) is 0 Å². The Bertz CT molecular complexity index is 1140. The van der Waals surface area contributed by atoms with Gasteiger partial charge in [0.05, 0.1) is 24.8 Å². The van der Waals surface area contributed by atoms with Crippen LogP contribution in [0.25, 0.3) is 10.8 Å². The van der Waals surface area contributed by atoms with Crippen LogP contribution in [0.5, 0.6) is 0 Å². The van der Waals surface area contributed by atoms with Gasteiger partial charge in [0.1, 0.15) is 0 Å². The molecule has 1 aliphatic carbocycles. The van der Waals surface area contributed by atoms with E-state index in [1.807, 2.05) is 25.1 Å². The molecule has 3 aromatic carbocycles. The first-order valence-corrected chi connectivity index (χ1v) is 9.29. The number of carbonyl (C=O) groups is 1. The largest absolute Gasteiger partial charge is 0.378 e. The van der Waals surface area contributed by atoms with Crippen molar-refractivity contribution in [3.63, 3.8) is 0 Å². The predicted molar refractivity (Wildman–Crippen MR) is 110 cm³/mol. The topological polar surface area (TPSA) is 53.5 Å². The Morgan fingerprint density at radius 2 is 2.00 bits per heavy atom. The number of hydrogen-bond acceptors (Lipinski definition) is 3. The van der Waals surface area contributed by atoms with E-state index < -0.39 is 0 Å². The quantitative estimate of drug-likeness (QED) is 0.715. The fourth-order valence-corrected chi connectivity index (χ4v) is 3.95. The smallest absolute Gasteiger partial charge is 0.252 e. The van der Waals surface area contributed by atoms with Crippen LogP contribution >= 0.6 is 0 Å². The Morgan fingerprint density at radius 1 is 1.19 bits per heavy atom. The molecule has 0 unspecified atom stereocenters. The molecule has 1 aliphatic heterocycles. The van der Waals surface area contributed by atoms with Gasteiger partial charge in [0, 0.05) is 11.8 Å². The van der Waals surface area contributed by atoms with E-state index >= 15 is 0 Å². The molecule has 134 valence electrons. The number of amides is 1. The molecule has 0 aromatic heterocycles. The van der Waals surface area contributed by atoms with Gasteiger partial charge in [-0.3, -0.25) is 9.79 Å². The van der Waals surface area contributed by atoms with Crippen LogP contribution in [-0.2, 0) is 5.54 Å². The molecule has 4 nitrogen and oxygen atoms in total. The minimum atomic E-state index is -0.303. The second-order valence-electron chi connectivity index (χ2n) is 7.37. The molecule has 27 heavy (non-hydrogen) atoms. The Balaban J connectivity index is 1.50. The summed E-state index contributed by atoms with van der Waals surface area (Å²) < 4.78 is 7.76. The third-order valence-corrected chi connectivity index (χ3v) is 5.55. The number of nitrogens with zero attached hydrogens (tertiary/aromatic N) is 1. The lowest BCUT2D eigenvalue weighted by Gasteiger charge is -2.22. The first kappa shape index (κ1) is 15.0. The van der Waals surface area contributed by atoms with E-state index in [9.17, 15) is 4.79 Å². The lowest BCUT2D eigenvalue weighted by molar-refractivity contribution is 0.0930. The fourth-order valence-electron chi connectivity index (χ4n) is 3.95. The highest BCUT2D eigenvalue weighted by Crippen LogP contribution is 2.48. The summed E-state index contributed by atoms with van der Waals surface area (Å²) in [4.78, 5) is 17.5. The van der Waals surface area contributed by atoms with E-state index in [4.69, 9.17) is 1.37 Å².